The summed E-state index contributed by atoms with van der Waals surface area (Å²) in [5, 5.41) is 6.52. The normalized spacial score (nSPS) is 16.7. The summed E-state index contributed by atoms with van der Waals surface area (Å²) >= 11 is 0. The van der Waals surface area contributed by atoms with Crippen LogP contribution in [0.3, 0.4) is 0 Å². The van der Waals surface area contributed by atoms with Gasteiger partial charge in [0, 0.05) is 36.6 Å². The Morgan fingerprint density at radius 1 is 1.19 bits per heavy atom. The fraction of sp³-hybridized carbons (Fsp3) is 0.500. The van der Waals surface area contributed by atoms with Gasteiger partial charge in [-0.2, -0.15) is 4.31 Å². The van der Waals surface area contributed by atoms with Crippen molar-refractivity contribution in [3.8, 4) is 5.75 Å². The molecule has 32 heavy (non-hydrogen) atoms. The maximum Gasteiger partial charge on any atom is 0.573 e. The molecule has 0 saturated carbocycles. The van der Waals surface area contributed by atoms with Crippen molar-refractivity contribution in [3.63, 3.8) is 0 Å². The molecule has 1 N–H and O–H groups in total. The van der Waals surface area contributed by atoms with E-state index in [1.165, 1.54) is 12.1 Å². The Kier molecular flexibility index (Phi) is 6.57. The number of amides is 1. The molecule has 2 heterocycles. The van der Waals surface area contributed by atoms with Crippen LogP contribution in [-0.4, -0.2) is 43.2 Å². The zero-order valence-corrected chi connectivity index (χ0v) is 18.6. The van der Waals surface area contributed by atoms with E-state index in [2.05, 4.69) is 15.2 Å². The lowest BCUT2D eigenvalue weighted by Crippen LogP contribution is -2.41. The van der Waals surface area contributed by atoms with Crippen LogP contribution in [0.15, 0.2) is 39.8 Å². The van der Waals surface area contributed by atoms with E-state index in [9.17, 15) is 26.4 Å². The maximum absolute atomic E-state index is 12.8. The van der Waals surface area contributed by atoms with Crippen molar-refractivity contribution >= 4 is 21.7 Å². The summed E-state index contributed by atoms with van der Waals surface area (Å²) < 4.78 is 73.1. The minimum Gasteiger partial charge on any atom is -0.406 e. The summed E-state index contributed by atoms with van der Waals surface area (Å²) in [7, 11) is -4.03. The third-order valence-electron chi connectivity index (χ3n) is 5.00. The summed E-state index contributed by atoms with van der Waals surface area (Å²) in [5.41, 5.74) is -0.266. The molecule has 2 aromatic rings. The monoisotopic (exact) mass is 475 g/mol. The molecule has 1 amide bonds. The maximum atomic E-state index is 12.8. The van der Waals surface area contributed by atoms with Gasteiger partial charge in [-0.3, -0.25) is 4.79 Å². The standard InChI is InChI=1S/C20H24F3N3O5S/c1-19(2,3)16-12-17(25-31-16)24-18(27)13-7-9-26(10-8-13)32(28,29)15-6-4-5-14(11-15)30-20(21,22)23/h4-6,11-13H,7-10H2,1-3H3,(H,24,25,27). The van der Waals surface area contributed by atoms with Crippen molar-refractivity contribution in [1.29, 1.82) is 0 Å². The largest absolute Gasteiger partial charge is 0.573 e. The molecule has 1 aliphatic rings. The van der Waals surface area contributed by atoms with E-state index in [0.717, 1.165) is 16.4 Å². The highest BCUT2D eigenvalue weighted by Gasteiger charge is 2.34. The highest BCUT2D eigenvalue weighted by molar-refractivity contribution is 7.89. The van der Waals surface area contributed by atoms with Gasteiger partial charge in [0.2, 0.25) is 15.9 Å². The molecular formula is C20H24F3N3O5S. The second-order valence-electron chi connectivity index (χ2n) is 8.52. The van der Waals surface area contributed by atoms with Gasteiger partial charge >= 0.3 is 6.36 Å². The fourth-order valence-corrected chi connectivity index (χ4v) is 4.76. The number of carbonyl (C=O) groups is 1. The van der Waals surface area contributed by atoms with Crippen molar-refractivity contribution < 1.29 is 35.6 Å². The molecular weight excluding hydrogens is 451 g/mol. The summed E-state index contributed by atoms with van der Waals surface area (Å²) in [6, 6.07) is 5.89. The van der Waals surface area contributed by atoms with Gasteiger partial charge in [0.05, 0.1) is 4.90 Å². The Morgan fingerprint density at radius 3 is 2.41 bits per heavy atom. The molecule has 0 radical (unpaired) electrons. The number of anilines is 1. The number of aromatic nitrogens is 1. The number of hydrogen-bond donors (Lipinski definition) is 1. The number of carbonyl (C=O) groups excluding carboxylic acids is 1. The van der Waals surface area contributed by atoms with Gasteiger partial charge < -0.3 is 14.6 Å². The van der Waals surface area contributed by atoms with Crippen molar-refractivity contribution in [3.05, 3.63) is 36.1 Å². The first kappa shape index (κ1) is 24.1. The number of piperidine rings is 1. The number of benzene rings is 1. The summed E-state index contributed by atoms with van der Waals surface area (Å²) in [4.78, 5) is 12.2. The number of alkyl halides is 3. The van der Waals surface area contributed by atoms with Crippen LogP contribution in [0.4, 0.5) is 19.0 Å². The molecule has 1 saturated heterocycles. The zero-order chi connectivity index (χ0) is 23.7. The average Bonchev–Trinajstić information content (AvgIpc) is 3.16. The fourth-order valence-electron chi connectivity index (χ4n) is 3.26. The van der Waals surface area contributed by atoms with Crippen LogP contribution in [0.25, 0.3) is 0 Å². The number of hydrogen-bond acceptors (Lipinski definition) is 6. The zero-order valence-electron chi connectivity index (χ0n) is 17.8. The Bertz CT molecular complexity index is 1070. The summed E-state index contributed by atoms with van der Waals surface area (Å²) in [6.45, 7) is 5.94. The number of nitrogens with zero attached hydrogens (tertiary/aromatic N) is 2. The van der Waals surface area contributed by atoms with Gasteiger partial charge in [0.15, 0.2) is 5.82 Å². The van der Waals surface area contributed by atoms with E-state index in [-0.39, 0.29) is 48.0 Å². The van der Waals surface area contributed by atoms with Crippen LogP contribution in [0, 0.1) is 5.92 Å². The molecule has 8 nitrogen and oxygen atoms in total. The Balaban J connectivity index is 1.62. The lowest BCUT2D eigenvalue weighted by Gasteiger charge is -2.30. The van der Waals surface area contributed by atoms with Crippen LogP contribution in [0.1, 0.15) is 39.4 Å². The second kappa shape index (κ2) is 8.74. The summed E-state index contributed by atoms with van der Waals surface area (Å²) in [6.07, 6.45) is -4.41. The van der Waals surface area contributed by atoms with E-state index in [1.807, 2.05) is 20.8 Å². The van der Waals surface area contributed by atoms with Crippen LogP contribution < -0.4 is 10.1 Å². The first-order chi connectivity index (χ1) is 14.8. The first-order valence-electron chi connectivity index (χ1n) is 9.90. The van der Waals surface area contributed by atoms with E-state index in [1.54, 1.807) is 6.07 Å². The van der Waals surface area contributed by atoms with Crippen LogP contribution in [0.2, 0.25) is 0 Å². The van der Waals surface area contributed by atoms with Gasteiger partial charge in [-0.05, 0) is 25.0 Å². The SMILES string of the molecule is CC(C)(C)c1cc(NC(=O)C2CCN(S(=O)(=O)c3cccc(OC(F)(F)F)c3)CC2)no1. The molecule has 3 rings (SSSR count). The Morgan fingerprint density at radius 2 is 1.84 bits per heavy atom. The minimum atomic E-state index is -4.93. The topological polar surface area (TPSA) is 102 Å². The van der Waals surface area contributed by atoms with Crippen molar-refractivity contribution in [2.75, 3.05) is 18.4 Å². The van der Waals surface area contributed by atoms with E-state index >= 15 is 0 Å². The van der Waals surface area contributed by atoms with Gasteiger partial charge in [-0.25, -0.2) is 8.42 Å². The quantitative estimate of drug-likeness (QED) is 0.704. The minimum absolute atomic E-state index is 0.0524. The Hall–Kier alpha value is -2.60. The number of ether oxygens (including phenoxy) is 1. The van der Waals surface area contributed by atoms with E-state index in [0.29, 0.717) is 5.76 Å². The van der Waals surface area contributed by atoms with E-state index < -0.39 is 28.1 Å². The van der Waals surface area contributed by atoms with Crippen molar-refractivity contribution in [1.82, 2.24) is 9.46 Å². The van der Waals surface area contributed by atoms with Crippen LogP contribution in [-0.2, 0) is 20.2 Å². The van der Waals surface area contributed by atoms with Gasteiger partial charge in [-0.1, -0.05) is 32.0 Å². The lowest BCUT2D eigenvalue weighted by molar-refractivity contribution is -0.274. The molecule has 0 atom stereocenters. The molecule has 1 aromatic heterocycles. The third kappa shape index (κ3) is 5.80. The number of nitrogens with one attached hydrogen (secondary N) is 1. The van der Waals surface area contributed by atoms with E-state index in [4.69, 9.17) is 4.52 Å². The van der Waals surface area contributed by atoms with Crippen molar-refractivity contribution in [2.24, 2.45) is 5.92 Å². The van der Waals surface area contributed by atoms with Gasteiger partial charge in [0.25, 0.3) is 0 Å². The molecule has 1 aliphatic heterocycles. The molecule has 0 unspecified atom stereocenters. The highest BCUT2D eigenvalue weighted by atomic mass is 32.2. The lowest BCUT2D eigenvalue weighted by atomic mass is 9.93. The molecule has 1 aromatic carbocycles. The molecule has 176 valence electrons. The second-order valence-corrected chi connectivity index (χ2v) is 10.5. The average molecular weight is 475 g/mol. The van der Waals surface area contributed by atoms with Crippen molar-refractivity contribution in [2.45, 2.75) is 50.3 Å². The Labute approximate surface area is 183 Å². The highest BCUT2D eigenvalue weighted by Crippen LogP contribution is 2.29. The van der Waals surface area contributed by atoms with Gasteiger partial charge in [-0.15, -0.1) is 13.2 Å². The third-order valence-corrected chi connectivity index (χ3v) is 6.90. The first-order valence-corrected chi connectivity index (χ1v) is 11.3. The summed E-state index contributed by atoms with van der Waals surface area (Å²) in [5.74, 6) is -0.440. The molecule has 0 aliphatic carbocycles. The number of rotatable bonds is 5. The van der Waals surface area contributed by atoms with Gasteiger partial charge in [0.1, 0.15) is 11.5 Å². The smallest absolute Gasteiger partial charge is 0.406 e. The predicted octanol–water partition coefficient (Wildman–Crippen LogP) is 3.91. The molecule has 12 heteroatoms. The molecule has 0 bridgehead atoms. The number of halogens is 3. The van der Waals surface area contributed by atoms with Crippen LogP contribution >= 0.6 is 0 Å². The van der Waals surface area contributed by atoms with Crippen LogP contribution in [0.5, 0.6) is 5.75 Å². The molecule has 0 spiro atoms. The number of sulfonamides is 1. The molecule has 1 fully saturated rings. The predicted molar refractivity (Wildman–Crippen MR) is 108 cm³/mol.